The van der Waals surface area contributed by atoms with E-state index < -0.39 is 5.97 Å². The molecule has 0 saturated heterocycles. The Hall–Kier alpha value is -1.36. The molecule has 0 radical (unpaired) electrons. The van der Waals surface area contributed by atoms with Gasteiger partial charge in [-0.3, -0.25) is 4.79 Å². The predicted molar refractivity (Wildman–Crippen MR) is 85.6 cm³/mol. The topological polar surface area (TPSA) is 37.3 Å². The molecule has 2 rings (SSSR count). The van der Waals surface area contributed by atoms with Crippen LogP contribution in [0, 0.1) is 0 Å². The van der Waals surface area contributed by atoms with Crippen molar-refractivity contribution in [3.63, 3.8) is 0 Å². The van der Waals surface area contributed by atoms with Crippen LogP contribution in [0.25, 0.3) is 11.1 Å². The molecular weight excluding hydrogens is 351 g/mol. The highest BCUT2D eigenvalue weighted by Gasteiger charge is 2.10. The predicted octanol–water partition coefficient (Wildman–Crippen LogP) is 4.17. The molecule has 0 saturated carbocycles. The van der Waals surface area contributed by atoms with E-state index in [4.69, 9.17) is 5.11 Å². The van der Waals surface area contributed by atoms with E-state index in [9.17, 15) is 4.79 Å². The van der Waals surface area contributed by atoms with Gasteiger partial charge < -0.3 is 5.11 Å². The summed E-state index contributed by atoms with van der Waals surface area (Å²) in [5.41, 5.74) is 3.57. The van der Waals surface area contributed by atoms with Crippen molar-refractivity contribution < 1.29 is 9.90 Å². The van der Waals surface area contributed by atoms with Crippen molar-refractivity contribution in [2.75, 3.05) is 0 Å². The van der Waals surface area contributed by atoms with E-state index in [2.05, 4.69) is 59.0 Å². The molecule has 1 N–H and O–H groups in total. The Bertz CT molecular complexity index is 534. The second kappa shape index (κ2) is 6.70. The van der Waals surface area contributed by atoms with Gasteiger partial charge in [0.2, 0.25) is 0 Å². The molecule has 0 aliphatic heterocycles. The Balaban J connectivity index is 2.05. The average Bonchev–Trinajstić information content (AvgIpc) is 2.39. The van der Waals surface area contributed by atoms with Gasteiger partial charge in [-0.2, -0.15) is 0 Å². The third-order valence-corrected chi connectivity index (χ3v) is 3.80. The Morgan fingerprint density at radius 2 is 1.58 bits per heavy atom. The largest absolute Gasteiger partial charge is 0.481 e. The van der Waals surface area contributed by atoms with Gasteiger partial charge >= 0.3 is 5.97 Å². The normalized spacial score (nSPS) is 12.1. The third-order valence-electron chi connectivity index (χ3n) is 2.91. The van der Waals surface area contributed by atoms with E-state index in [1.807, 2.05) is 18.2 Å². The van der Waals surface area contributed by atoms with Crippen LogP contribution in [-0.4, -0.2) is 15.0 Å². The van der Waals surface area contributed by atoms with E-state index in [0.29, 0.717) is 0 Å². The van der Waals surface area contributed by atoms with Crippen molar-refractivity contribution in [1.29, 1.82) is 0 Å². The molecule has 3 heteroatoms. The molecule has 0 bridgehead atoms. The highest BCUT2D eigenvalue weighted by atomic mass is 127. The molecule has 1 unspecified atom stereocenters. The minimum Gasteiger partial charge on any atom is -0.481 e. The van der Waals surface area contributed by atoms with E-state index in [1.54, 1.807) is 0 Å². The zero-order chi connectivity index (χ0) is 13.7. The van der Waals surface area contributed by atoms with Crippen molar-refractivity contribution in [2.45, 2.75) is 16.8 Å². The van der Waals surface area contributed by atoms with Crippen molar-refractivity contribution in [3.05, 3.63) is 60.2 Å². The third kappa shape index (κ3) is 4.35. The second-order valence-electron chi connectivity index (χ2n) is 4.46. The number of carboxylic acid groups (broad SMARTS) is 1. The summed E-state index contributed by atoms with van der Waals surface area (Å²) in [5.74, 6) is -0.736. The molecule has 0 amide bonds. The maximum absolute atomic E-state index is 10.6. The van der Waals surface area contributed by atoms with Crippen LogP contribution in [0.3, 0.4) is 0 Å². The van der Waals surface area contributed by atoms with Gasteiger partial charge in [0.15, 0.2) is 0 Å². The van der Waals surface area contributed by atoms with E-state index in [-0.39, 0.29) is 10.3 Å². The van der Waals surface area contributed by atoms with E-state index in [1.165, 1.54) is 16.7 Å². The van der Waals surface area contributed by atoms with Gasteiger partial charge in [-0.15, -0.1) is 0 Å². The number of benzene rings is 2. The molecule has 2 aromatic carbocycles. The quantitative estimate of drug-likeness (QED) is 0.637. The number of hydrogen-bond acceptors (Lipinski definition) is 1. The number of alkyl halides is 1. The van der Waals surface area contributed by atoms with Crippen LogP contribution in [0.15, 0.2) is 54.6 Å². The standard InChI is InChI=1S/C16H15IO2/c17-15(11-16(18)19)10-12-6-8-14(9-7-12)13-4-2-1-3-5-13/h1-9,15H,10-11H2,(H,18,19). The highest BCUT2D eigenvalue weighted by Crippen LogP contribution is 2.21. The van der Waals surface area contributed by atoms with Crippen LogP contribution < -0.4 is 0 Å². The minimum absolute atomic E-state index is 0.137. The summed E-state index contributed by atoms with van der Waals surface area (Å²) < 4.78 is 0.137. The number of carbonyl (C=O) groups is 1. The Kier molecular flexibility index (Phi) is 4.96. The SMILES string of the molecule is O=C(O)CC(I)Cc1ccc(-c2ccccc2)cc1. The molecule has 0 aliphatic rings. The van der Waals surface area contributed by atoms with Gasteiger partial charge in [-0.1, -0.05) is 77.2 Å². The van der Waals surface area contributed by atoms with E-state index in [0.717, 1.165) is 6.42 Å². The maximum atomic E-state index is 10.6. The zero-order valence-electron chi connectivity index (χ0n) is 10.4. The summed E-state index contributed by atoms with van der Waals surface area (Å²) in [5, 5.41) is 8.75. The highest BCUT2D eigenvalue weighted by molar-refractivity contribution is 14.1. The lowest BCUT2D eigenvalue weighted by molar-refractivity contribution is -0.136. The van der Waals surface area contributed by atoms with Crippen LogP contribution in [-0.2, 0) is 11.2 Å². The lowest BCUT2D eigenvalue weighted by Gasteiger charge is -2.08. The molecule has 19 heavy (non-hydrogen) atoms. The monoisotopic (exact) mass is 366 g/mol. The molecule has 0 heterocycles. The van der Waals surface area contributed by atoms with Crippen molar-refractivity contribution >= 4 is 28.6 Å². The molecule has 0 fully saturated rings. The molecular formula is C16H15IO2. The van der Waals surface area contributed by atoms with Gasteiger partial charge in [0.05, 0.1) is 6.42 Å². The second-order valence-corrected chi connectivity index (χ2v) is 6.22. The van der Waals surface area contributed by atoms with Gasteiger partial charge in [-0.25, -0.2) is 0 Å². The lowest BCUT2D eigenvalue weighted by Crippen LogP contribution is -2.09. The number of halogens is 1. The lowest BCUT2D eigenvalue weighted by atomic mass is 10.0. The minimum atomic E-state index is -0.736. The number of hydrogen-bond donors (Lipinski definition) is 1. The smallest absolute Gasteiger partial charge is 0.304 e. The van der Waals surface area contributed by atoms with Crippen LogP contribution in [0.4, 0.5) is 0 Å². The first kappa shape index (κ1) is 14.1. The van der Waals surface area contributed by atoms with E-state index >= 15 is 0 Å². The molecule has 2 aromatic rings. The van der Waals surface area contributed by atoms with Gasteiger partial charge in [0.25, 0.3) is 0 Å². The summed E-state index contributed by atoms with van der Waals surface area (Å²) in [7, 11) is 0. The first-order chi connectivity index (χ1) is 9.15. The van der Waals surface area contributed by atoms with Crippen LogP contribution in [0.2, 0.25) is 0 Å². The Morgan fingerprint density at radius 1 is 1.00 bits per heavy atom. The fourth-order valence-corrected chi connectivity index (χ4v) is 2.87. The zero-order valence-corrected chi connectivity index (χ0v) is 12.6. The van der Waals surface area contributed by atoms with Crippen LogP contribution in [0.5, 0.6) is 0 Å². The summed E-state index contributed by atoms with van der Waals surface area (Å²) in [4.78, 5) is 10.6. The summed E-state index contributed by atoms with van der Waals surface area (Å²) in [6.07, 6.45) is 1.00. The van der Waals surface area contributed by atoms with Crippen molar-refractivity contribution in [2.24, 2.45) is 0 Å². The van der Waals surface area contributed by atoms with Gasteiger partial charge in [-0.05, 0) is 23.1 Å². The summed E-state index contributed by atoms with van der Waals surface area (Å²) >= 11 is 2.20. The fourth-order valence-electron chi connectivity index (χ4n) is 1.98. The number of carboxylic acids is 1. The van der Waals surface area contributed by atoms with Gasteiger partial charge in [0, 0.05) is 3.92 Å². The van der Waals surface area contributed by atoms with Crippen molar-refractivity contribution in [3.8, 4) is 11.1 Å². The molecule has 0 aliphatic carbocycles. The van der Waals surface area contributed by atoms with Crippen LogP contribution in [0.1, 0.15) is 12.0 Å². The molecule has 98 valence electrons. The first-order valence-corrected chi connectivity index (χ1v) is 7.40. The average molecular weight is 366 g/mol. The van der Waals surface area contributed by atoms with Crippen LogP contribution >= 0.6 is 22.6 Å². The van der Waals surface area contributed by atoms with Crippen molar-refractivity contribution in [1.82, 2.24) is 0 Å². The molecule has 1 atom stereocenters. The first-order valence-electron chi connectivity index (χ1n) is 6.15. The fraction of sp³-hybridized carbons (Fsp3) is 0.188. The summed E-state index contributed by atoms with van der Waals surface area (Å²) in [6, 6.07) is 18.6. The Morgan fingerprint density at radius 3 is 2.16 bits per heavy atom. The molecule has 2 nitrogen and oxygen atoms in total. The number of aliphatic carboxylic acids is 1. The summed E-state index contributed by atoms with van der Waals surface area (Å²) in [6.45, 7) is 0. The van der Waals surface area contributed by atoms with Gasteiger partial charge in [0.1, 0.15) is 0 Å². The molecule has 0 aromatic heterocycles. The Labute approximate surface area is 126 Å². The maximum Gasteiger partial charge on any atom is 0.304 e. The number of rotatable bonds is 5. The molecule has 0 spiro atoms.